The van der Waals surface area contributed by atoms with Crippen LogP contribution in [0, 0.1) is 0 Å². The van der Waals surface area contributed by atoms with Crippen LogP contribution in [-0.2, 0) is 5.60 Å². The molecule has 0 saturated carbocycles. The van der Waals surface area contributed by atoms with Gasteiger partial charge in [-0.05, 0) is 24.1 Å². The summed E-state index contributed by atoms with van der Waals surface area (Å²) in [5, 5.41) is 13.3. The zero-order valence-electron chi connectivity index (χ0n) is 10.5. The highest BCUT2D eigenvalue weighted by molar-refractivity contribution is 6.08. The number of hydrogen-bond donors (Lipinski definition) is 2. The van der Waals surface area contributed by atoms with E-state index in [2.05, 4.69) is 5.32 Å². The highest BCUT2D eigenvalue weighted by Gasteiger charge is 2.44. The van der Waals surface area contributed by atoms with Gasteiger partial charge in [0.1, 0.15) is 23.9 Å². The summed E-state index contributed by atoms with van der Waals surface area (Å²) in [6, 6.07) is 4.17. The number of furan rings is 1. The van der Waals surface area contributed by atoms with Gasteiger partial charge in [0.15, 0.2) is 0 Å². The number of rotatable bonds is 6. The zero-order valence-corrected chi connectivity index (χ0v) is 10.5. The van der Waals surface area contributed by atoms with E-state index in [0.29, 0.717) is 5.58 Å². The number of fused-ring (bicyclic) bond motifs is 1. The second kappa shape index (κ2) is 5.89. The smallest absolute Gasteiger partial charge is 0.256 e. The average molecular weight is 283 g/mol. The van der Waals surface area contributed by atoms with E-state index in [-0.39, 0.29) is 12.0 Å². The zero-order chi connectivity index (χ0) is 14.8. The lowest BCUT2D eigenvalue weighted by Crippen LogP contribution is -2.54. The van der Waals surface area contributed by atoms with Gasteiger partial charge in [0, 0.05) is 5.39 Å². The molecule has 20 heavy (non-hydrogen) atoms. The van der Waals surface area contributed by atoms with Crippen LogP contribution in [0.2, 0.25) is 0 Å². The van der Waals surface area contributed by atoms with E-state index < -0.39 is 24.7 Å². The summed E-state index contributed by atoms with van der Waals surface area (Å²) in [7, 11) is 5.17. The lowest BCUT2D eigenvalue weighted by molar-refractivity contribution is -0.0756. The van der Waals surface area contributed by atoms with Gasteiger partial charge in [-0.2, -0.15) is 0 Å². The molecule has 0 aliphatic carbocycles. The van der Waals surface area contributed by atoms with E-state index in [1.54, 1.807) is 12.1 Å². The van der Waals surface area contributed by atoms with E-state index in [9.17, 15) is 18.3 Å². The van der Waals surface area contributed by atoms with Gasteiger partial charge < -0.3 is 14.8 Å². The Hall–Kier alpha value is -1.47. The van der Waals surface area contributed by atoms with E-state index in [1.807, 2.05) is 0 Å². The Morgan fingerprint density at radius 1 is 1.35 bits per heavy atom. The number of hydrogen-bond acceptors (Lipinski definition) is 3. The molecule has 0 aliphatic rings. The summed E-state index contributed by atoms with van der Waals surface area (Å²) in [5.74, 6) is 0. The first kappa shape index (κ1) is 14.9. The molecule has 3 nitrogen and oxygen atoms in total. The van der Waals surface area contributed by atoms with E-state index in [1.165, 1.54) is 18.4 Å². The summed E-state index contributed by atoms with van der Waals surface area (Å²) in [6.07, 6.45) is -1.86. The molecule has 2 atom stereocenters. The number of benzene rings is 1. The lowest BCUT2D eigenvalue weighted by atomic mass is 9.86. The SMILES string of the molecule is [B]CNC(C(F)F)C(O)(CF)c1ccc2ccoc2c1. The van der Waals surface area contributed by atoms with Crippen molar-refractivity contribution in [3.05, 3.63) is 36.1 Å². The van der Waals surface area contributed by atoms with Gasteiger partial charge in [-0.1, -0.05) is 12.1 Å². The van der Waals surface area contributed by atoms with Gasteiger partial charge in [0.05, 0.1) is 14.1 Å². The Kier molecular flexibility index (Phi) is 4.40. The standard InChI is InChI=1S/C13H13BF3NO2/c14-7-18-11(12(16)17)13(19,6-15)9-2-1-8-3-4-20-10(8)5-9/h1-5,11-12,18-19H,6-7H2. The maximum absolute atomic E-state index is 13.3. The molecule has 0 aliphatic heterocycles. The van der Waals surface area contributed by atoms with Crippen molar-refractivity contribution in [1.82, 2.24) is 5.32 Å². The maximum Gasteiger partial charge on any atom is 0.256 e. The third kappa shape index (κ3) is 2.55. The molecule has 2 aromatic rings. The van der Waals surface area contributed by atoms with Crippen molar-refractivity contribution in [3.8, 4) is 0 Å². The quantitative estimate of drug-likeness (QED) is 0.796. The molecular formula is C13H13BF3NO2. The van der Waals surface area contributed by atoms with Crippen molar-refractivity contribution in [2.45, 2.75) is 18.1 Å². The van der Waals surface area contributed by atoms with E-state index in [4.69, 9.17) is 12.3 Å². The van der Waals surface area contributed by atoms with Gasteiger partial charge in [-0.15, -0.1) is 0 Å². The second-order valence-corrected chi connectivity index (χ2v) is 4.45. The summed E-state index contributed by atoms with van der Waals surface area (Å²) >= 11 is 0. The highest BCUT2D eigenvalue weighted by atomic mass is 19.3. The molecular weight excluding hydrogens is 270 g/mol. The summed E-state index contributed by atoms with van der Waals surface area (Å²) < 4.78 is 44.5. The van der Waals surface area contributed by atoms with Gasteiger partial charge in [-0.3, -0.25) is 0 Å². The summed E-state index contributed by atoms with van der Waals surface area (Å²) in [4.78, 5) is 0. The molecule has 0 saturated heterocycles. The minimum Gasteiger partial charge on any atom is -0.464 e. The predicted octanol–water partition coefficient (Wildman–Crippen LogP) is 1.94. The Morgan fingerprint density at radius 3 is 2.70 bits per heavy atom. The van der Waals surface area contributed by atoms with Gasteiger partial charge in [0.25, 0.3) is 6.43 Å². The molecule has 0 bridgehead atoms. The first-order valence-corrected chi connectivity index (χ1v) is 6.00. The molecule has 1 aromatic heterocycles. The monoisotopic (exact) mass is 283 g/mol. The van der Waals surface area contributed by atoms with Crippen LogP contribution in [0.3, 0.4) is 0 Å². The van der Waals surface area contributed by atoms with Crippen molar-refractivity contribution in [2.75, 3.05) is 13.1 Å². The minimum atomic E-state index is -2.98. The van der Waals surface area contributed by atoms with Gasteiger partial charge in [-0.25, -0.2) is 13.2 Å². The molecule has 2 rings (SSSR count). The molecule has 106 valence electrons. The third-order valence-electron chi connectivity index (χ3n) is 3.26. The van der Waals surface area contributed by atoms with Crippen LogP contribution in [0.1, 0.15) is 5.56 Å². The summed E-state index contributed by atoms with van der Waals surface area (Å²) in [6.45, 7) is -1.37. The largest absolute Gasteiger partial charge is 0.464 e. The molecule has 0 amide bonds. The van der Waals surface area contributed by atoms with Crippen LogP contribution in [0.4, 0.5) is 13.2 Å². The van der Waals surface area contributed by atoms with Crippen molar-refractivity contribution in [3.63, 3.8) is 0 Å². The molecule has 2 N–H and O–H groups in total. The van der Waals surface area contributed by atoms with Crippen molar-refractivity contribution >= 4 is 18.8 Å². The van der Waals surface area contributed by atoms with Gasteiger partial charge in [0.2, 0.25) is 0 Å². The van der Waals surface area contributed by atoms with Gasteiger partial charge >= 0.3 is 0 Å². The minimum absolute atomic E-state index is 0.00806. The first-order chi connectivity index (χ1) is 9.52. The van der Waals surface area contributed by atoms with Crippen LogP contribution in [-0.4, -0.2) is 38.5 Å². The van der Waals surface area contributed by atoms with E-state index in [0.717, 1.165) is 5.39 Å². The number of alkyl halides is 3. The maximum atomic E-state index is 13.3. The van der Waals surface area contributed by atoms with Crippen LogP contribution in [0.25, 0.3) is 11.0 Å². The second-order valence-electron chi connectivity index (χ2n) is 4.45. The Bertz CT molecular complexity index is 577. The lowest BCUT2D eigenvalue weighted by Gasteiger charge is -2.34. The average Bonchev–Trinajstić information content (AvgIpc) is 2.91. The van der Waals surface area contributed by atoms with Crippen molar-refractivity contribution in [2.24, 2.45) is 0 Å². The predicted molar refractivity (Wildman–Crippen MR) is 69.6 cm³/mol. The molecule has 1 heterocycles. The molecule has 1 aromatic carbocycles. The summed E-state index contributed by atoms with van der Waals surface area (Å²) in [5.41, 5.74) is -1.99. The van der Waals surface area contributed by atoms with E-state index >= 15 is 0 Å². The Balaban J connectivity index is 2.46. The fourth-order valence-electron chi connectivity index (χ4n) is 2.16. The number of halogens is 3. The molecule has 2 radical (unpaired) electrons. The van der Waals surface area contributed by atoms with Crippen LogP contribution < -0.4 is 5.32 Å². The molecule has 0 fully saturated rings. The van der Waals surface area contributed by atoms with Crippen LogP contribution in [0.5, 0.6) is 0 Å². The third-order valence-corrected chi connectivity index (χ3v) is 3.26. The van der Waals surface area contributed by atoms with Crippen molar-refractivity contribution < 1.29 is 22.7 Å². The van der Waals surface area contributed by atoms with Crippen LogP contribution in [0.15, 0.2) is 34.9 Å². The highest BCUT2D eigenvalue weighted by Crippen LogP contribution is 2.31. The first-order valence-electron chi connectivity index (χ1n) is 6.00. The molecule has 2 unspecified atom stereocenters. The Labute approximate surface area is 115 Å². The topological polar surface area (TPSA) is 45.4 Å². The molecule has 7 heteroatoms. The number of nitrogens with one attached hydrogen (secondary N) is 1. The van der Waals surface area contributed by atoms with Crippen molar-refractivity contribution in [1.29, 1.82) is 0 Å². The Morgan fingerprint density at radius 2 is 2.10 bits per heavy atom. The fraction of sp³-hybridized carbons (Fsp3) is 0.385. The fourth-order valence-corrected chi connectivity index (χ4v) is 2.16. The van der Waals surface area contributed by atoms with Crippen LogP contribution >= 0.6 is 0 Å². The normalized spacial score (nSPS) is 16.4. The molecule has 0 spiro atoms. The number of aliphatic hydroxyl groups is 1.